The van der Waals surface area contributed by atoms with Crippen molar-refractivity contribution >= 4 is 6.29 Å². The highest BCUT2D eigenvalue weighted by atomic mass is 16.5. The minimum absolute atomic E-state index is 0.000832. The largest absolute Gasteiger partial charge is 0.370 e. The third-order valence-electron chi connectivity index (χ3n) is 2.94. The Hall–Kier alpha value is -1.09. The molecule has 0 spiro atoms. The first-order valence-electron chi connectivity index (χ1n) is 5.39. The normalized spacial score (nSPS) is 24.3. The second-order valence-corrected chi connectivity index (χ2v) is 4.74. The minimum atomic E-state index is -0.000832. The summed E-state index contributed by atoms with van der Waals surface area (Å²) in [6, 6.07) is 3.72. The molecule has 15 heavy (non-hydrogen) atoms. The fraction of sp³-hybridized carbons (Fsp3) is 0.583. The van der Waals surface area contributed by atoms with E-state index >= 15 is 0 Å². The molecule has 1 saturated heterocycles. The third kappa shape index (κ3) is 2.29. The average Bonchev–Trinajstić information content (AvgIpc) is 2.73. The number of hydrogen-bond acceptors (Lipinski definition) is 2. The second kappa shape index (κ2) is 3.81. The van der Waals surface area contributed by atoms with Crippen molar-refractivity contribution in [2.75, 3.05) is 0 Å². The van der Waals surface area contributed by atoms with Gasteiger partial charge in [-0.25, -0.2) is 0 Å². The van der Waals surface area contributed by atoms with E-state index in [1.54, 1.807) is 0 Å². The Labute approximate surface area is 90.0 Å². The summed E-state index contributed by atoms with van der Waals surface area (Å²) in [4.78, 5) is 10.7. The number of rotatable bonds is 3. The molecule has 1 aromatic rings. The summed E-state index contributed by atoms with van der Waals surface area (Å²) in [5, 5.41) is 0. The third-order valence-corrected chi connectivity index (χ3v) is 2.94. The lowest BCUT2D eigenvalue weighted by Gasteiger charge is -2.19. The topological polar surface area (TPSA) is 31.2 Å². The second-order valence-electron chi connectivity index (χ2n) is 4.74. The molecule has 0 saturated carbocycles. The molecule has 1 fully saturated rings. The number of aromatic nitrogens is 1. The quantitative estimate of drug-likeness (QED) is 0.712. The molecule has 0 N–H and O–H groups in total. The van der Waals surface area contributed by atoms with Gasteiger partial charge < -0.3 is 9.30 Å². The molecule has 0 aromatic carbocycles. The summed E-state index contributed by atoms with van der Waals surface area (Å²) in [5.41, 5.74) is 0.724. The summed E-state index contributed by atoms with van der Waals surface area (Å²) in [6.45, 7) is 5.01. The van der Waals surface area contributed by atoms with Gasteiger partial charge in [-0.3, -0.25) is 4.79 Å². The molecule has 3 heteroatoms. The van der Waals surface area contributed by atoms with Crippen LogP contribution in [0.15, 0.2) is 18.3 Å². The molecule has 2 rings (SSSR count). The van der Waals surface area contributed by atoms with Crippen molar-refractivity contribution in [3.8, 4) is 0 Å². The fourth-order valence-electron chi connectivity index (χ4n) is 2.13. The van der Waals surface area contributed by atoms with E-state index in [-0.39, 0.29) is 11.7 Å². The highest BCUT2D eigenvalue weighted by Gasteiger charge is 2.31. The molecule has 0 amide bonds. The van der Waals surface area contributed by atoms with Gasteiger partial charge in [0, 0.05) is 12.7 Å². The van der Waals surface area contributed by atoms with Crippen LogP contribution in [0.3, 0.4) is 0 Å². The van der Waals surface area contributed by atoms with Crippen LogP contribution in [0.5, 0.6) is 0 Å². The van der Waals surface area contributed by atoms with E-state index in [1.165, 1.54) is 0 Å². The van der Waals surface area contributed by atoms with E-state index in [9.17, 15) is 4.79 Å². The Morgan fingerprint density at radius 3 is 3.07 bits per heavy atom. The Morgan fingerprint density at radius 1 is 1.67 bits per heavy atom. The van der Waals surface area contributed by atoms with E-state index in [2.05, 4.69) is 13.8 Å². The first-order chi connectivity index (χ1) is 7.11. The van der Waals surface area contributed by atoms with Gasteiger partial charge in [0.1, 0.15) is 0 Å². The Balaban J connectivity index is 2.01. The molecule has 2 heterocycles. The Bertz CT molecular complexity index is 354. The van der Waals surface area contributed by atoms with E-state index in [4.69, 9.17) is 4.74 Å². The molecule has 3 nitrogen and oxygen atoms in total. The van der Waals surface area contributed by atoms with Gasteiger partial charge in [0.15, 0.2) is 6.29 Å². The van der Waals surface area contributed by atoms with Crippen molar-refractivity contribution in [3.63, 3.8) is 0 Å². The molecule has 0 bridgehead atoms. The number of nitrogens with zero attached hydrogens (tertiary/aromatic N) is 1. The van der Waals surface area contributed by atoms with Gasteiger partial charge in [0.25, 0.3) is 0 Å². The number of aldehydes is 1. The summed E-state index contributed by atoms with van der Waals surface area (Å²) in [6.07, 6.45) is 5.23. The number of ether oxygens (including phenoxy) is 1. The average molecular weight is 207 g/mol. The zero-order valence-electron chi connectivity index (χ0n) is 9.27. The van der Waals surface area contributed by atoms with Crippen LogP contribution in [0.2, 0.25) is 0 Å². The van der Waals surface area contributed by atoms with Crippen LogP contribution in [0.1, 0.15) is 37.2 Å². The Kier molecular flexibility index (Phi) is 2.65. The van der Waals surface area contributed by atoms with Gasteiger partial charge in [-0.1, -0.05) is 0 Å². The lowest BCUT2D eigenvalue weighted by Crippen LogP contribution is -2.23. The highest BCUT2D eigenvalue weighted by Crippen LogP contribution is 2.30. The van der Waals surface area contributed by atoms with Gasteiger partial charge in [0.05, 0.1) is 17.4 Å². The van der Waals surface area contributed by atoms with Crippen molar-refractivity contribution in [1.29, 1.82) is 0 Å². The van der Waals surface area contributed by atoms with Crippen LogP contribution in [0, 0.1) is 0 Å². The Morgan fingerprint density at radius 2 is 2.47 bits per heavy atom. The highest BCUT2D eigenvalue weighted by molar-refractivity contribution is 5.72. The number of carbonyl (C=O) groups excluding carboxylic acids is 1. The first-order valence-corrected chi connectivity index (χ1v) is 5.39. The summed E-state index contributed by atoms with van der Waals surface area (Å²) >= 11 is 0. The summed E-state index contributed by atoms with van der Waals surface area (Å²) in [7, 11) is 0. The van der Waals surface area contributed by atoms with Crippen LogP contribution in [0.25, 0.3) is 0 Å². The summed E-state index contributed by atoms with van der Waals surface area (Å²) in [5.74, 6) is 0. The van der Waals surface area contributed by atoms with Crippen LogP contribution in [0.4, 0.5) is 0 Å². The maximum absolute atomic E-state index is 10.7. The van der Waals surface area contributed by atoms with Gasteiger partial charge in [-0.15, -0.1) is 0 Å². The van der Waals surface area contributed by atoms with Gasteiger partial charge >= 0.3 is 0 Å². The van der Waals surface area contributed by atoms with Crippen LogP contribution >= 0.6 is 0 Å². The minimum Gasteiger partial charge on any atom is -0.370 e. The maximum Gasteiger partial charge on any atom is 0.166 e. The van der Waals surface area contributed by atoms with Crippen LogP contribution in [-0.2, 0) is 11.3 Å². The van der Waals surface area contributed by atoms with Crippen molar-refractivity contribution < 1.29 is 9.53 Å². The van der Waals surface area contributed by atoms with E-state index in [0.717, 1.165) is 31.4 Å². The van der Waals surface area contributed by atoms with Gasteiger partial charge in [-0.2, -0.15) is 0 Å². The molecule has 1 aromatic heterocycles. The molecule has 1 atom stereocenters. The number of carbonyl (C=O) groups is 1. The van der Waals surface area contributed by atoms with E-state index in [0.29, 0.717) is 0 Å². The lowest BCUT2D eigenvalue weighted by atomic mass is 10.1. The molecule has 1 unspecified atom stereocenters. The zero-order chi connectivity index (χ0) is 10.9. The molecule has 82 valence electrons. The van der Waals surface area contributed by atoms with Crippen LogP contribution in [-0.4, -0.2) is 22.6 Å². The SMILES string of the molecule is CC1(C)CCC(Cn2cccc2C=O)O1. The predicted molar refractivity (Wildman–Crippen MR) is 58.0 cm³/mol. The molecule has 0 aliphatic carbocycles. The lowest BCUT2D eigenvalue weighted by molar-refractivity contribution is -0.0217. The van der Waals surface area contributed by atoms with Gasteiger partial charge in [-0.05, 0) is 38.8 Å². The van der Waals surface area contributed by atoms with Crippen molar-refractivity contribution in [3.05, 3.63) is 24.0 Å². The van der Waals surface area contributed by atoms with Gasteiger partial charge in [0.2, 0.25) is 0 Å². The monoisotopic (exact) mass is 207 g/mol. The smallest absolute Gasteiger partial charge is 0.166 e. The molecule has 1 aliphatic rings. The molecular formula is C12H17NO2. The first kappa shape index (κ1) is 10.4. The summed E-state index contributed by atoms with van der Waals surface area (Å²) < 4.78 is 7.84. The van der Waals surface area contributed by atoms with Crippen LogP contribution < -0.4 is 0 Å². The zero-order valence-corrected chi connectivity index (χ0v) is 9.27. The van der Waals surface area contributed by atoms with E-state index < -0.39 is 0 Å². The predicted octanol–water partition coefficient (Wildman–Crippen LogP) is 2.26. The molecule has 1 aliphatic heterocycles. The fourth-order valence-corrected chi connectivity index (χ4v) is 2.13. The molecular weight excluding hydrogens is 190 g/mol. The van der Waals surface area contributed by atoms with Crippen molar-refractivity contribution in [1.82, 2.24) is 4.57 Å². The standard InChI is InChI=1S/C12H17NO2/c1-12(2)6-5-11(15-12)8-13-7-3-4-10(13)9-14/h3-4,7,9,11H,5-6,8H2,1-2H3. The van der Waals surface area contributed by atoms with Crippen molar-refractivity contribution in [2.45, 2.75) is 44.9 Å². The van der Waals surface area contributed by atoms with E-state index in [1.807, 2.05) is 22.9 Å². The van der Waals surface area contributed by atoms with Crippen molar-refractivity contribution in [2.24, 2.45) is 0 Å². The number of hydrogen-bond donors (Lipinski definition) is 0. The maximum atomic E-state index is 10.7. The molecule has 0 radical (unpaired) electrons.